The summed E-state index contributed by atoms with van der Waals surface area (Å²) in [5, 5.41) is 23.4. The van der Waals surface area contributed by atoms with E-state index in [4.69, 9.17) is 0 Å². The van der Waals surface area contributed by atoms with Gasteiger partial charge in [-0.15, -0.1) is 10.2 Å². The molecule has 0 bridgehead atoms. The van der Waals surface area contributed by atoms with Gasteiger partial charge in [-0.05, 0) is 37.1 Å². The van der Waals surface area contributed by atoms with Crippen molar-refractivity contribution in [1.29, 1.82) is 0 Å². The second kappa shape index (κ2) is 7.47. The van der Waals surface area contributed by atoms with E-state index in [9.17, 15) is 14.9 Å². The van der Waals surface area contributed by atoms with Crippen molar-refractivity contribution in [3.63, 3.8) is 0 Å². The molecule has 0 saturated heterocycles. The number of nitro benzene ring substituents is 1. The number of fused-ring (bicyclic) bond motifs is 3. The summed E-state index contributed by atoms with van der Waals surface area (Å²) in [5.41, 5.74) is 3.85. The van der Waals surface area contributed by atoms with Crippen molar-refractivity contribution in [2.75, 3.05) is 11.1 Å². The number of carbonyl (C=O) groups excluding carboxylic acids is 1. The van der Waals surface area contributed by atoms with E-state index in [0.29, 0.717) is 16.3 Å². The summed E-state index contributed by atoms with van der Waals surface area (Å²) in [4.78, 5) is 30.7. The van der Waals surface area contributed by atoms with Crippen LogP contribution in [-0.4, -0.2) is 36.7 Å². The second-order valence-electron chi connectivity index (χ2n) is 6.51. The summed E-state index contributed by atoms with van der Waals surface area (Å²) in [6, 6.07) is 10.7. The quantitative estimate of drug-likeness (QED) is 0.292. The number of rotatable bonds is 5. The highest BCUT2D eigenvalue weighted by Crippen LogP contribution is 2.28. The van der Waals surface area contributed by atoms with Crippen LogP contribution in [0, 0.1) is 24.0 Å². The molecule has 0 aliphatic heterocycles. The number of nitro groups is 1. The number of H-pyrrole nitrogens is 1. The minimum Gasteiger partial charge on any atom is -0.338 e. The van der Waals surface area contributed by atoms with E-state index in [1.54, 1.807) is 13.0 Å². The molecule has 4 rings (SSSR count). The van der Waals surface area contributed by atoms with Crippen LogP contribution >= 0.6 is 11.8 Å². The lowest BCUT2D eigenvalue weighted by atomic mass is 10.1. The third-order valence-corrected chi connectivity index (χ3v) is 5.36. The van der Waals surface area contributed by atoms with Crippen molar-refractivity contribution < 1.29 is 9.72 Å². The Labute approximate surface area is 169 Å². The molecule has 2 aromatic carbocycles. The highest BCUT2D eigenvalue weighted by atomic mass is 32.2. The molecule has 29 heavy (non-hydrogen) atoms. The Bertz CT molecular complexity index is 1270. The van der Waals surface area contributed by atoms with Gasteiger partial charge in [-0.2, -0.15) is 0 Å². The van der Waals surface area contributed by atoms with Gasteiger partial charge in [0, 0.05) is 17.0 Å². The van der Waals surface area contributed by atoms with E-state index in [2.05, 4.69) is 25.5 Å². The van der Waals surface area contributed by atoms with Gasteiger partial charge >= 0.3 is 0 Å². The number of benzene rings is 2. The predicted molar refractivity (Wildman–Crippen MR) is 111 cm³/mol. The number of anilines is 1. The van der Waals surface area contributed by atoms with Gasteiger partial charge in [-0.25, -0.2) is 4.98 Å². The lowest BCUT2D eigenvalue weighted by molar-refractivity contribution is -0.384. The van der Waals surface area contributed by atoms with E-state index in [-0.39, 0.29) is 23.0 Å². The molecule has 4 aromatic rings. The van der Waals surface area contributed by atoms with Crippen molar-refractivity contribution in [2.45, 2.75) is 19.0 Å². The molecule has 2 N–H and O–H groups in total. The second-order valence-corrected chi connectivity index (χ2v) is 7.45. The molecule has 0 atom stereocenters. The highest BCUT2D eigenvalue weighted by molar-refractivity contribution is 7.99. The molecule has 0 aliphatic carbocycles. The average molecular weight is 408 g/mol. The van der Waals surface area contributed by atoms with Crippen molar-refractivity contribution in [1.82, 2.24) is 20.2 Å². The van der Waals surface area contributed by atoms with E-state index < -0.39 is 4.92 Å². The molecule has 0 fully saturated rings. The first-order chi connectivity index (χ1) is 13.9. The third kappa shape index (κ3) is 3.74. The van der Waals surface area contributed by atoms with Crippen LogP contribution < -0.4 is 5.32 Å². The Morgan fingerprint density at radius 3 is 2.76 bits per heavy atom. The van der Waals surface area contributed by atoms with E-state index in [0.717, 1.165) is 33.8 Å². The summed E-state index contributed by atoms with van der Waals surface area (Å²) < 4.78 is 0. The number of hydrogen-bond donors (Lipinski definition) is 2. The Balaban J connectivity index is 1.49. The molecule has 0 spiro atoms. The summed E-state index contributed by atoms with van der Waals surface area (Å²) in [6.45, 7) is 3.62. The Hall–Kier alpha value is -3.53. The topological polar surface area (TPSA) is 127 Å². The highest BCUT2D eigenvalue weighted by Gasteiger charge is 2.18. The average Bonchev–Trinajstić information content (AvgIpc) is 3.06. The molecule has 2 aromatic heterocycles. The Kier molecular flexibility index (Phi) is 4.85. The fourth-order valence-corrected chi connectivity index (χ4v) is 3.52. The van der Waals surface area contributed by atoms with Crippen LogP contribution in [-0.2, 0) is 4.79 Å². The van der Waals surface area contributed by atoms with Crippen molar-refractivity contribution in [3.8, 4) is 0 Å². The van der Waals surface area contributed by atoms with Gasteiger partial charge in [0.15, 0.2) is 5.65 Å². The predicted octanol–water partition coefficient (Wildman–Crippen LogP) is 3.76. The van der Waals surface area contributed by atoms with Crippen LogP contribution in [0.2, 0.25) is 0 Å². The molecule has 0 radical (unpaired) electrons. The number of amides is 1. The molecule has 1 amide bonds. The SMILES string of the molecule is Cc1cc(NC(=O)CSc2nnc3c(n2)[nH]c2ccccc23)c([N+](=O)[O-])cc1C. The first kappa shape index (κ1) is 18.8. The van der Waals surface area contributed by atoms with Gasteiger partial charge in [0.1, 0.15) is 11.2 Å². The maximum absolute atomic E-state index is 12.3. The van der Waals surface area contributed by atoms with Crippen LogP contribution in [0.4, 0.5) is 11.4 Å². The van der Waals surface area contributed by atoms with Crippen molar-refractivity contribution in [3.05, 3.63) is 57.6 Å². The largest absolute Gasteiger partial charge is 0.338 e. The van der Waals surface area contributed by atoms with Crippen LogP contribution in [0.1, 0.15) is 11.1 Å². The summed E-state index contributed by atoms with van der Waals surface area (Å²) in [6.07, 6.45) is 0. The Morgan fingerprint density at radius 2 is 1.97 bits per heavy atom. The number of carbonyl (C=O) groups is 1. The van der Waals surface area contributed by atoms with Crippen molar-refractivity contribution >= 4 is 51.1 Å². The summed E-state index contributed by atoms with van der Waals surface area (Å²) in [7, 11) is 0. The lowest BCUT2D eigenvalue weighted by Crippen LogP contribution is -2.15. The molecule has 0 unspecified atom stereocenters. The smallest absolute Gasteiger partial charge is 0.293 e. The van der Waals surface area contributed by atoms with Gasteiger partial charge in [0.2, 0.25) is 11.1 Å². The van der Waals surface area contributed by atoms with E-state index in [1.165, 1.54) is 6.07 Å². The van der Waals surface area contributed by atoms with Crippen LogP contribution in [0.15, 0.2) is 41.6 Å². The molecular weight excluding hydrogens is 392 g/mol. The van der Waals surface area contributed by atoms with Gasteiger partial charge in [0.05, 0.1) is 10.7 Å². The maximum Gasteiger partial charge on any atom is 0.293 e. The standard InChI is InChI=1S/C19H16N6O3S/c1-10-7-14(15(25(27)28)8-11(10)2)20-16(26)9-29-19-22-18-17(23-24-19)12-5-3-4-6-13(12)21-18/h3-8H,9H2,1-2H3,(H,20,26)(H,21,22,24). The number of aromatic nitrogens is 4. The maximum atomic E-state index is 12.3. The van der Waals surface area contributed by atoms with Crippen LogP contribution in [0.3, 0.4) is 0 Å². The number of thioether (sulfide) groups is 1. The monoisotopic (exact) mass is 408 g/mol. The van der Waals surface area contributed by atoms with Gasteiger partial charge < -0.3 is 10.3 Å². The normalized spacial score (nSPS) is 11.1. The molecule has 10 heteroatoms. The lowest BCUT2D eigenvalue weighted by Gasteiger charge is -2.08. The minimum atomic E-state index is -0.508. The fraction of sp³-hybridized carbons (Fsp3) is 0.158. The molecule has 9 nitrogen and oxygen atoms in total. The molecule has 2 heterocycles. The zero-order valence-corrected chi connectivity index (χ0v) is 16.4. The van der Waals surface area contributed by atoms with Gasteiger partial charge in [-0.3, -0.25) is 14.9 Å². The van der Waals surface area contributed by atoms with Crippen LogP contribution in [0.25, 0.3) is 22.1 Å². The number of aryl methyl sites for hydroxylation is 2. The number of hydrogen-bond acceptors (Lipinski definition) is 7. The van der Waals surface area contributed by atoms with Crippen LogP contribution in [0.5, 0.6) is 0 Å². The van der Waals surface area contributed by atoms with Gasteiger partial charge in [0.25, 0.3) is 5.69 Å². The molecule has 0 aliphatic rings. The molecular formula is C19H16N6O3S. The number of aromatic amines is 1. The number of para-hydroxylation sites is 1. The summed E-state index contributed by atoms with van der Waals surface area (Å²) >= 11 is 1.11. The Morgan fingerprint density at radius 1 is 1.21 bits per heavy atom. The number of nitrogens with zero attached hydrogens (tertiary/aromatic N) is 4. The third-order valence-electron chi connectivity index (χ3n) is 4.52. The fourth-order valence-electron chi connectivity index (χ4n) is 2.94. The number of nitrogens with one attached hydrogen (secondary N) is 2. The zero-order valence-electron chi connectivity index (χ0n) is 15.6. The van der Waals surface area contributed by atoms with Gasteiger partial charge in [-0.1, -0.05) is 30.0 Å². The zero-order chi connectivity index (χ0) is 20.5. The molecule has 0 saturated carbocycles. The van der Waals surface area contributed by atoms with E-state index >= 15 is 0 Å². The minimum absolute atomic E-state index is 0.00249. The van der Waals surface area contributed by atoms with E-state index in [1.807, 2.05) is 31.2 Å². The molecule has 146 valence electrons. The van der Waals surface area contributed by atoms with Crippen molar-refractivity contribution in [2.24, 2.45) is 0 Å². The first-order valence-corrected chi connectivity index (χ1v) is 9.70. The first-order valence-electron chi connectivity index (χ1n) is 8.72. The summed E-state index contributed by atoms with van der Waals surface area (Å²) in [5.74, 6) is -0.390.